The van der Waals surface area contributed by atoms with E-state index in [4.69, 9.17) is 0 Å². The van der Waals surface area contributed by atoms with Crippen molar-refractivity contribution in [1.29, 1.82) is 0 Å². The Balaban J connectivity index is 2.34. The Bertz CT molecular complexity index is 360. The summed E-state index contributed by atoms with van der Waals surface area (Å²) in [6.45, 7) is 7.10. The fourth-order valence-corrected chi connectivity index (χ4v) is 2.56. The van der Waals surface area contributed by atoms with Crippen molar-refractivity contribution in [2.75, 3.05) is 6.54 Å². The topological polar surface area (TPSA) is 29.1 Å². The van der Waals surface area contributed by atoms with Crippen LogP contribution in [0.15, 0.2) is 30.3 Å². The van der Waals surface area contributed by atoms with Gasteiger partial charge in [0.1, 0.15) is 0 Å². The first kappa shape index (κ1) is 15.7. The van der Waals surface area contributed by atoms with E-state index in [1.165, 1.54) is 5.56 Å². The molecule has 1 N–H and O–H groups in total. The molecule has 0 aliphatic rings. The van der Waals surface area contributed by atoms with E-state index < -0.39 is 0 Å². The monoisotopic (exact) mass is 261 g/mol. The molecule has 0 unspecified atom stereocenters. The number of aryl methyl sites for hydroxylation is 1. The van der Waals surface area contributed by atoms with Crippen LogP contribution in [0.2, 0.25) is 0 Å². The Labute approximate surface area is 117 Å². The van der Waals surface area contributed by atoms with E-state index in [0.717, 1.165) is 38.6 Å². The molecule has 0 aliphatic heterocycles. The van der Waals surface area contributed by atoms with Crippen molar-refractivity contribution in [2.24, 2.45) is 5.41 Å². The van der Waals surface area contributed by atoms with Crippen molar-refractivity contribution in [3.8, 4) is 0 Å². The number of nitrogens with one attached hydrogen (secondary N) is 1. The van der Waals surface area contributed by atoms with Gasteiger partial charge in [0.2, 0.25) is 5.91 Å². The Morgan fingerprint density at radius 3 is 2.16 bits per heavy atom. The summed E-state index contributed by atoms with van der Waals surface area (Å²) in [7, 11) is 0. The largest absolute Gasteiger partial charge is 0.356 e. The molecule has 1 aromatic carbocycles. The van der Waals surface area contributed by atoms with Gasteiger partial charge in [-0.2, -0.15) is 0 Å². The molecule has 2 heteroatoms. The maximum absolute atomic E-state index is 12.3. The molecule has 0 fully saturated rings. The second-order valence-electron chi connectivity index (χ2n) is 5.19. The molecular formula is C17H27NO. The van der Waals surface area contributed by atoms with Crippen LogP contribution in [0.3, 0.4) is 0 Å². The van der Waals surface area contributed by atoms with E-state index in [0.29, 0.717) is 0 Å². The zero-order chi connectivity index (χ0) is 14.1. The van der Waals surface area contributed by atoms with Crippen LogP contribution in [0.1, 0.15) is 52.0 Å². The number of carbonyl (C=O) groups is 1. The normalized spacial score (nSPS) is 11.3. The van der Waals surface area contributed by atoms with Gasteiger partial charge in [0, 0.05) is 12.0 Å². The van der Waals surface area contributed by atoms with E-state index in [9.17, 15) is 4.79 Å². The lowest BCUT2D eigenvalue weighted by Gasteiger charge is -2.28. The highest BCUT2D eigenvalue weighted by molar-refractivity contribution is 5.82. The van der Waals surface area contributed by atoms with Crippen LogP contribution in [-0.2, 0) is 11.2 Å². The Kier molecular flexibility index (Phi) is 6.61. The highest BCUT2D eigenvalue weighted by Crippen LogP contribution is 2.30. The van der Waals surface area contributed by atoms with Crippen molar-refractivity contribution in [3.63, 3.8) is 0 Å². The van der Waals surface area contributed by atoms with Crippen LogP contribution in [0.4, 0.5) is 0 Å². The third-order valence-electron chi connectivity index (χ3n) is 4.28. The predicted molar refractivity (Wildman–Crippen MR) is 81.1 cm³/mol. The highest BCUT2D eigenvalue weighted by atomic mass is 16.2. The molecule has 19 heavy (non-hydrogen) atoms. The number of hydrogen-bond acceptors (Lipinski definition) is 1. The lowest BCUT2D eigenvalue weighted by Crippen LogP contribution is -2.40. The van der Waals surface area contributed by atoms with E-state index in [-0.39, 0.29) is 11.3 Å². The van der Waals surface area contributed by atoms with Crippen LogP contribution in [-0.4, -0.2) is 12.5 Å². The van der Waals surface area contributed by atoms with Crippen LogP contribution < -0.4 is 5.32 Å². The van der Waals surface area contributed by atoms with Crippen molar-refractivity contribution in [2.45, 2.75) is 52.9 Å². The van der Waals surface area contributed by atoms with Gasteiger partial charge in [-0.3, -0.25) is 4.79 Å². The zero-order valence-electron chi connectivity index (χ0n) is 12.5. The smallest absolute Gasteiger partial charge is 0.226 e. The predicted octanol–water partition coefficient (Wildman–Crippen LogP) is 3.95. The van der Waals surface area contributed by atoms with Crippen molar-refractivity contribution in [3.05, 3.63) is 35.9 Å². The minimum atomic E-state index is -0.160. The molecule has 0 saturated heterocycles. The summed E-state index contributed by atoms with van der Waals surface area (Å²) in [6, 6.07) is 10.4. The van der Waals surface area contributed by atoms with Gasteiger partial charge in [0.15, 0.2) is 0 Å². The molecule has 0 saturated carbocycles. The molecule has 0 radical (unpaired) electrons. The molecule has 106 valence electrons. The molecular weight excluding hydrogens is 234 g/mol. The summed E-state index contributed by atoms with van der Waals surface area (Å²) in [5.41, 5.74) is 1.18. The first-order valence-corrected chi connectivity index (χ1v) is 7.50. The minimum Gasteiger partial charge on any atom is -0.356 e. The second kappa shape index (κ2) is 7.98. The third-order valence-corrected chi connectivity index (χ3v) is 4.28. The van der Waals surface area contributed by atoms with E-state index >= 15 is 0 Å². The summed E-state index contributed by atoms with van der Waals surface area (Å²) >= 11 is 0. The molecule has 2 nitrogen and oxygen atoms in total. The zero-order valence-corrected chi connectivity index (χ0v) is 12.5. The van der Waals surface area contributed by atoms with Gasteiger partial charge in [-0.1, -0.05) is 51.1 Å². The summed E-state index contributed by atoms with van der Waals surface area (Å²) in [5, 5.41) is 3.11. The van der Waals surface area contributed by atoms with E-state index in [1.54, 1.807) is 0 Å². The first-order chi connectivity index (χ1) is 9.18. The van der Waals surface area contributed by atoms with Gasteiger partial charge >= 0.3 is 0 Å². The molecule has 0 aromatic heterocycles. The number of amides is 1. The number of hydrogen-bond donors (Lipinski definition) is 1. The van der Waals surface area contributed by atoms with Gasteiger partial charge in [-0.05, 0) is 37.7 Å². The van der Waals surface area contributed by atoms with E-state index in [1.807, 2.05) is 6.07 Å². The van der Waals surface area contributed by atoms with Gasteiger partial charge in [0.05, 0.1) is 0 Å². The van der Waals surface area contributed by atoms with Crippen LogP contribution in [0, 0.1) is 5.41 Å². The molecule has 0 heterocycles. The van der Waals surface area contributed by atoms with Crippen molar-refractivity contribution < 1.29 is 4.79 Å². The molecule has 1 amide bonds. The Hall–Kier alpha value is -1.31. The molecule has 1 aromatic rings. The first-order valence-electron chi connectivity index (χ1n) is 7.50. The van der Waals surface area contributed by atoms with Gasteiger partial charge in [-0.25, -0.2) is 0 Å². The molecule has 0 aliphatic carbocycles. The summed E-state index contributed by atoms with van der Waals surface area (Å²) < 4.78 is 0. The van der Waals surface area contributed by atoms with Crippen molar-refractivity contribution in [1.82, 2.24) is 5.32 Å². The van der Waals surface area contributed by atoms with Crippen LogP contribution >= 0.6 is 0 Å². The quantitative estimate of drug-likeness (QED) is 0.705. The van der Waals surface area contributed by atoms with Crippen molar-refractivity contribution >= 4 is 5.91 Å². The Morgan fingerprint density at radius 1 is 1.05 bits per heavy atom. The average molecular weight is 261 g/mol. The number of rotatable bonds is 8. The average Bonchev–Trinajstić information content (AvgIpc) is 2.47. The van der Waals surface area contributed by atoms with Gasteiger partial charge in [-0.15, -0.1) is 0 Å². The second-order valence-corrected chi connectivity index (χ2v) is 5.19. The number of benzene rings is 1. The summed E-state index contributed by atoms with van der Waals surface area (Å²) in [4.78, 5) is 12.3. The lowest BCUT2D eigenvalue weighted by atomic mass is 9.79. The standard InChI is InChI=1S/C17H27NO/c1-4-17(5-2,6-3)16(19)18-14-10-13-15-11-8-7-9-12-15/h7-9,11-12H,4-6,10,13-14H2,1-3H3,(H,18,19). The maximum atomic E-state index is 12.3. The summed E-state index contributed by atoms with van der Waals surface area (Å²) in [6.07, 6.45) is 4.79. The van der Waals surface area contributed by atoms with Gasteiger partial charge < -0.3 is 5.32 Å². The minimum absolute atomic E-state index is 0.160. The lowest BCUT2D eigenvalue weighted by molar-refractivity contribution is -0.131. The Morgan fingerprint density at radius 2 is 1.63 bits per heavy atom. The van der Waals surface area contributed by atoms with Crippen LogP contribution in [0.25, 0.3) is 0 Å². The third kappa shape index (κ3) is 4.38. The maximum Gasteiger partial charge on any atom is 0.226 e. The molecule has 1 rings (SSSR count). The SMILES string of the molecule is CCC(CC)(CC)C(=O)NCCCc1ccccc1. The van der Waals surface area contributed by atoms with E-state index in [2.05, 4.69) is 50.4 Å². The highest BCUT2D eigenvalue weighted by Gasteiger charge is 2.32. The molecule has 0 bridgehead atoms. The van der Waals surface area contributed by atoms with Crippen LogP contribution in [0.5, 0.6) is 0 Å². The van der Waals surface area contributed by atoms with Gasteiger partial charge in [0.25, 0.3) is 0 Å². The fourth-order valence-electron chi connectivity index (χ4n) is 2.56. The number of carbonyl (C=O) groups excluding carboxylic acids is 1. The summed E-state index contributed by atoms with van der Waals surface area (Å²) in [5.74, 6) is 0.230. The fraction of sp³-hybridized carbons (Fsp3) is 0.588. The molecule has 0 atom stereocenters. The molecule has 0 spiro atoms.